The summed E-state index contributed by atoms with van der Waals surface area (Å²) in [5.74, 6) is 0.695. The first-order valence-electron chi connectivity index (χ1n) is 9.94. The van der Waals surface area contributed by atoms with Crippen LogP contribution in [0, 0.1) is 0 Å². The summed E-state index contributed by atoms with van der Waals surface area (Å²) in [7, 11) is 1.58. The summed E-state index contributed by atoms with van der Waals surface area (Å²) in [5.41, 5.74) is 2.40. The highest BCUT2D eigenvalue weighted by molar-refractivity contribution is 6.04. The van der Waals surface area contributed by atoms with Crippen molar-refractivity contribution in [2.75, 3.05) is 24.4 Å². The molecule has 0 spiro atoms. The number of nitrogens with zero attached hydrogens (tertiary/aromatic N) is 1. The van der Waals surface area contributed by atoms with E-state index in [1.54, 1.807) is 67.9 Å². The number of para-hydroxylation sites is 1. The molecule has 0 aliphatic rings. The number of aromatic nitrogens is 1. The lowest BCUT2D eigenvalue weighted by atomic mass is 10.2. The maximum atomic E-state index is 12.4. The number of nitrogens with one attached hydrogen (secondary N) is 2. The van der Waals surface area contributed by atoms with E-state index in [-0.39, 0.29) is 18.4 Å². The Labute approximate surface area is 185 Å². The van der Waals surface area contributed by atoms with Crippen molar-refractivity contribution in [3.63, 3.8) is 0 Å². The van der Waals surface area contributed by atoms with Gasteiger partial charge < -0.3 is 20.1 Å². The molecule has 7 nitrogen and oxygen atoms in total. The predicted octanol–water partition coefficient (Wildman–Crippen LogP) is 4.51. The van der Waals surface area contributed by atoms with E-state index in [1.165, 1.54) is 0 Å². The molecule has 0 saturated carbocycles. The Bertz CT molecular complexity index is 1230. The molecule has 0 saturated heterocycles. The minimum absolute atomic E-state index is 0.157. The molecule has 0 atom stereocenters. The third-order valence-electron chi connectivity index (χ3n) is 4.73. The first kappa shape index (κ1) is 20.9. The number of ether oxygens (including phenoxy) is 2. The third kappa shape index (κ3) is 5.02. The van der Waals surface area contributed by atoms with Crippen LogP contribution in [0.1, 0.15) is 10.4 Å². The molecule has 32 heavy (non-hydrogen) atoms. The molecule has 0 aliphatic carbocycles. The smallest absolute Gasteiger partial charge is 0.262 e. The number of hydrogen-bond acceptors (Lipinski definition) is 5. The molecule has 7 heteroatoms. The third-order valence-corrected chi connectivity index (χ3v) is 4.73. The molecule has 1 aromatic heterocycles. The molecule has 3 aromatic carbocycles. The van der Waals surface area contributed by atoms with E-state index >= 15 is 0 Å². The average Bonchev–Trinajstić information content (AvgIpc) is 2.83. The van der Waals surface area contributed by atoms with Crippen molar-refractivity contribution in [2.45, 2.75) is 0 Å². The molecule has 4 aromatic rings. The molecule has 0 radical (unpaired) electrons. The van der Waals surface area contributed by atoms with Gasteiger partial charge in [-0.1, -0.05) is 18.2 Å². The second-order valence-corrected chi connectivity index (χ2v) is 6.93. The summed E-state index contributed by atoms with van der Waals surface area (Å²) in [6.45, 7) is -0.157. The molecule has 2 amide bonds. The van der Waals surface area contributed by atoms with Crippen molar-refractivity contribution >= 4 is 34.1 Å². The molecule has 2 N–H and O–H groups in total. The number of pyridine rings is 1. The van der Waals surface area contributed by atoms with Crippen LogP contribution in [0.2, 0.25) is 0 Å². The maximum absolute atomic E-state index is 12.4. The normalized spacial score (nSPS) is 10.4. The van der Waals surface area contributed by atoms with Crippen LogP contribution in [0.4, 0.5) is 11.4 Å². The van der Waals surface area contributed by atoms with Crippen LogP contribution >= 0.6 is 0 Å². The Balaban J connectivity index is 1.32. The molecule has 4 rings (SSSR count). The fourth-order valence-corrected chi connectivity index (χ4v) is 3.12. The van der Waals surface area contributed by atoms with E-state index in [4.69, 9.17) is 9.47 Å². The highest BCUT2D eigenvalue weighted by Crippen LogP contribution is 2.23. The average molecular weight is 427 g/mol. The molecule has 0 aliphatic heterocycles. The minimum atomic E-state index is -0.312. The monoisotopic (exact) mass is 427 g/mol. The van der Waals surface area contributed by atoms with E-state index in [9.17, 15) is 9.59 Å². The zero-order valence-electron chi connectivity index (χ0n) is 17.4. The van der Waals surface area contributed by atoms with Crippen LogP contribution < -0.4 is 20.1 Å². The van der Waals surface area contributed by atoms with Gasteiger partial charge >= 0.3 is 0 Å². The summed E-state index contributed by atoms with van der Waals surface area (Å²) < 4.78 is 10.8. The minimum Gasteiger partial charge on any atom is -0.497 e. The maximum Gasteiger partial charge on any atom is 0.262 e. The predicted molar refractivity (Wildman–Crippen MR) is 123 cm³/mol. The first-order chi connectivity index (χ1) is 15.6. The second-order valence-electron chi connectivity index (χ2n) is 6.93. The Morgan fingerprint density at radius 2 is 1.53 bits per heavy atom. The highest BCUT2D eigenvalue weighted by atomic mass is 16.5. The van der Waals surface area contributed by atoms with Crippen molar-refractivity contribution in [1.82, 2.24) is 4.98 Å². The zero-order chi connectivity index (χ0) is 22.3. The lowest BCUT2D eigenvalue weighted by Crippen LogP contribution is -2.20. The molecular formula is C25H21N3O4. The standard InChI is InChI=1S/C25H21N3O4/c1-31-21-13-11-20(12-14-21)28-25(30)18-7-9-19(10-8-18)27-23(29)16-32-22-6-2-4-17-5-3-15-26-24(17)22/h2-15H,16H2,1H3,(H,27,29)(H,28,30). The Morgan fingerprint density at radius 1 is 0.844 bits per heavy atom. The fraction of sp³-hybridized carbons (Fsp3) is 0.0800. The molecule has 0 unspecified atom stereocenters. The largest absolute Gasteiger partial charge is 0.497 e. The number of carbonyl (C=O) groups excluding carboxylic acids is 2. The summed E-state index contributed by atoms with van der Waals surface area (Å²) in [6.07, 6.45) is 1.68. The van der Waals surface area contributed by atoms with Crippen LogP contribution in [0.25, 0.3) is 10.9 Å². The number of amides is 2. The van der Waals surface area contributed by atoms with Gasteiger partial charge in [-0.3, -0.25) is 14.6 Å². The van der Waals surface area contributed by atoms with Crippen molar-refractivity contribution in [2.24, 2.45) is 0 Å². The summed E-state index contributed by atoms with van der Waals surface area (Å²) in [5, 5.41) is 6.51. The van der Waals surface area contributed by atoms with Crippen molar-refractivity contribution in [1.29, 1.82) is 0 Å². The van der Waals surface area contributed by atoms with E-state index in [0.717, 1.165) is 5.39 Å². The van der Waals surface area contributed by atoms with E-state index in [0.29, 0.717) is 34.0 Å². The highest BCUT2D eigenvalue weighted by Gasteiger charge is 2.09. The Kier molecular flexibility index (Phi) is 6.27. The van der Waals surface area contributed by atoms with E-state index < -0.39 is 0 Å². The number of rotatable bonds is 7. The van der Waals surface area contributed by atoms with Gasteiger partial charge in [-0.05, 0) is 60.7 Å². The van der Waals surface area contributed by atoms with Gasteiger partial charge in [-0.15, -0.1) is 0 Å². The van der Waals surface area contributed by atoms with Gasteiger partial charge in [0, 0.05) is 28.5 Å². The molecule has 160 valence electrons. The number of anilines is 2. The lowest BCUT2D eigenvalue weighted by molar-refractivity contribution is -0.118. The summed E-state index contributed by atoms with van der Waals surface area (Å²) in [4.78, 5) is 29.0. The van der Waals surface area contributed by atoms with Gasteiger partial charge in [0.15, 0.2) is 6.61 Å². The first-order valence-corrected chi connectivity index (χ1v) is 9.94. The van der Waals surface area contributed by atoms with Crippen LogP contribution in [-0.4, -0.2) is 30.5 Å². The fourth-order valence-electron chi connectivity index (χ4n) is 3.12. The summed E-state index contributed by atoms with van der Waals surface area (Å²) in [6, 6.07) is 23.0. The van der Waals surface area contributed by atoms with Gasteiger partial charge in [-0.25, -0.2) is 0 Å². The number of hydrogen-bond donors (Lipinski definition) is 2. The number of fused-ring (bicyclic) bond motifs is 1. The van der Waals surface area contributed by atoms with Crippen LogP contribution in [0.3, 0.4) is 0 Å². The summed E-state index contributed by atoms with van der Waals surface area (Å²) >= 11 is 0. The SMILES string of the molecule is COc1ccc(NC(=O)c2ccc(NC(=O)COc3cccc4cccnc34)cc2)cc1. The topological polar surface area (TPSA) is 89.6 Å². The van der Waals surface area contributed by atoms with E-state index in [1.807, 2.05) is 24.3 Å². The van der Waals surface area contributed by atoms with Gasteiger partial charge in [0.25, 0.3) is 11.8 Å². The van der Waals surface area contributed by atoms with Gasteiger partial charge in [0.2, 0.25) is 0 Å². The van der Waals surface area contributed by atoms with Crippen LogP contribution in [0.15, 0.2) is 85.1 Å². The van der Waals surface area contributed by atoms with Crippen molar-refractivity contribution < 1.29 is 19.1 Å². The molecule has 1 heterocycles. The lowest BCUT2D eigenvalue weighted by Gasteiger charge is -2.10. The van der Waals surface area contributed by atoms with Crippen LogP contribution in [0.5, 0.6) is 11.5 Å². The Morgan fingerprint density at radius 3 is 2.28 bits per heavy atom. The number of carbonyl (C=O) groups is 2. The number of methoxy groups -OCH3 is 1. The molecule has 0 fully saturated rings. The molecule has 0 bridgehead atoms. The van der Waals surface area contributed by atoms with Gasteiger partial charge in [-0.2, -0.15) is 0 Å². The van der Waals surface area contributed by atoms with Gasteiger partial charge in [0.1, 0.15) is 17.0 Å². The quantitative estimate of drug-likeness (QED) is 0.453. The van der Waals surface area contributed by atoms with Crippen LogP contribution in [-0.2, 0) is 4.79 Å². The number of benzene rings is 3. The second kappa shape index (κ2) is 9.61. The van der Waals surface area contributed by atoms with Crippen molar-refractivity contribution in [3.8, 4) is 11.5 Å². The van der Waals surface area contributed by atoms with E-state index in [2.05, 4.69) is 15.6 Å². The Hall–Kier alpha value is -4.39. The van der Waals surface area contributed by atoms with Crippen molar-refractivity contribution in [3.05, 3.63) is 90.6 Å². The van der Waals surface area contributed by atoms with Gasteiger partial charge in [0.05, 0.1) is 7.11 Å². The molecular weight excluding hydrogens is 406 g/mol. The zero-order valence-corrected chi connectivity index (χ0v) is 17.4.